The molecule has 1 aliphatic rings. The summed E-state index contributed by atoms with van der Waals surface area (Å²) in [6.45, 7) is 2.91. The third-order valence-corrected chi connectivity index (χ3v) is 4.73. The molecule has 134 valence electrons. The van der Waals surface area contributed by atoms with Gasteiger partial charge in [-0.25, -0.2) is 0 Å². The fourth-order valence-electron chi connectivity index (χ4n) is 3.52. The second-order valence-corrected chi connectivity index (χ2v) is 6.22. The van der Waals surface area contributed by atoms with Crippen molar-refractivity contribution >= 4 is 0 Å². The standard InChI is InChI=1S/C20H20F4O/c1-2-25-13-7-10-14-15-8-3-5-11-17(15)19(21,22)20(23,24)18-12-6-4-9-16(14)18/h3-6,8-9,11-12,14H,2,7,10,13H2,1H3. The first-order chi connectivity index (χ1) is 11.9. The van der Waals surface area contributed by atoms with Gasteiger partial charge in [0, 0.05) is 30.3 Å². The lowest BCUT2D eigenvalue weighted by molar-refractivity contribution is -0.223. The van der Waals surface area contributed by atoms with Crippen molar-refractivity contribution in [1.82, 2.24) is 0 Å². The Hall–Kier alpha value is -1.88. The highest BCUT2D eigenvalue weighted by Gasteiger charge is 2.61. The summed E-state index contributed by atoms with van der Waals surface area (Å²) in [5.74, 6) is -9.02. The van der Waals surface area contributed by atoms with Gasteiger partial charge in [-0.2, -0.15) is 17.6 Å². The lowest BCUT2D eigenvalue weighted by Gasteiger charge is -2.26. The van der Waals surface area contributed by atoms with Crippen LogP contribution in [0.15, 0.2) is 48.5 Å². The Morgan fingerprint density at radius 2 is 1.32 bits per heavy atom. The fraction of sp³-hybridized carbons (Fsp3) is 0.400. The first kappa shape index (κ1) is 17.9. The van der Waals surface area contributed by atoms with E-state index in [1.165, 1.54) is 24.3 Å². The van der Waals surface area contributed by atoms with Gasteiger partial charge in [-0.15, -0.1) is 0 Å². The van der Waals surface area contributed by atoms with Crippen molar-refractivity contribution in [1.29, 1.82) is 0 Å². The van der Waals surface area contributed by atoms with Gasteiger partial charge < -0.3 is 4.74 Å². The summed E-state index contributed by atoms with van der Waals surface area (Å²) in [7, 11) is 0. The average molecular weight is 352 g/mol. The van der Waals surface area contributed by atoms with Crippen LogP contribution in [0, 0.1) is 0 Å². The van der Waals surface area contributed by atoms with Crippen molar-refractivity contribution in [2.24, 2.45) is 0 Å². The molecule has 0 unspecified atom stereocenters. The van der Waals surface area contributed by atoms with E-state index in [9.17, 15) is 17.6 Å². The average Bonchev–Trinajstić information content (AvgIpc) is 2.66. The summed E-state index contributed by atoms with van der Waals surface area (Å²) in [5.41, 5.74) is -0.627. The fourth-order valence-corrected chi connectivity index (χ4v) is 3.52. The molecule has 2 aromatic rings. The van der Waals surface area contributed by atoms with Crippen molar-refractivity contribution in [3.05, 3.63) is 70.8 Å². The molecular weight excluding hydrogens is 332 g/mol. The van der Waals surface area contributed by atoms with E-state index in [0.29, 0.717) is 26.1 Å². The zero-order valence-electron chi connectivity index (χ0n) is 13.9. The second kappa shape index (κ2) is 6.79. The highest BCUT2D eigenvalue weighted by Crippen LogP contribution is 2.56. The Kier molecular flexibility index (Phi) is 4.87. The normalized spacial score (nSPS) is 18.3. The second-order valence-electron chi connectivity index (χ2n) is 6.22. The minimum atomic E-state index is -4.26. The van der Waals surface area contributed by atoms with Crippen LogP contribution >= 0.6 is 0 Å². The van der Waals surface area contributed by atoms with Crippen LogP contribution in [0.4, 0.5) is 17.6 Å². The first-order valence-corrected chi connectivity index (χ1v) is 8.43. The third kappa shape index (κ3) is 2.95. The zero-order valence-corrected chi connectivity index (χ0v) is 13.9. The molecule has 3 rings (SSSR count). The van der Waals surface area contributed by atoms with Crippen molar-refractivity contribution in [3.8, 4) is 0 Å². The number of benzene rings is 2. The number of hydrogen-bond donors (Lipinski definition) is 0. The van der Waals surface area contributed by atoms with Gasteiger partial charge in [0.2, 0.25) is 0 Å². The Morgan fingerprint density at radius 3 is 1.80 bits per heavy atom. The molecule has 2 aromatic carbocycles. The topological polar surface area (TPSA) is 9.23 Å². The summed E-state index contributed by atoms with van der Waals surface area (Å²) in [6, 6.07) is 11.3. The largest absolute Gasteiger partial charge is 0.382 e. The van der Waals surface area contributed by atoms with Crippen LogP contribution < -0.4 is 0 Å². The first-order valence-electron chi connectivity index (χ1n) is 8.43. The van der Waals surface area contributed by atoms with E-state index in [-0.39, 0.29) is 11.1 Å². The summed E-state index contributed by atoms with van der Waals surface area (Å²) in [4.78, 5) is 0. The highest BCUT2D eigenvalue weighted by molar-refractivity contribution is 5.49. The molecule has 0 atom stereocenters. The summed E-state index contributed by atoms with van der Waals surface area (Å²) < 4.78 is 64.3. The molecule has 0 spiro atoms. The lowest BCUT2D eigenvalue weighted by Crippen LogP contribution is -2.35. The van der Waals surface area contributed by atoms with E-state index in [4.69, 9.17) is 4.74 Å². The van der Waals surface area contributed by atoms with Gasteiger partial charge in [0.15, 0.2) is 0 Å². The molecule has 0 saturated heterocycles. The van der Waals surface area contributed by atoms with E-state index in [0.717, 1.165) is 12.1 Å². The SMILES string of the molecule is CCOCCCC1c2ccccc2C(F)(F)C(F)(F)c2ccccc21. The van der Waals surface area contributed by atoms with Gasteiger partial charge in [-0.3, -0.25) is 0 Å². The number of hydrogen-bond acceptors (Lipinski definition) is 1. The van der Waals surface area contributed by atoms with Crippen molar-refractivity contribution in [2.45, 2.75) is 37.5 Å². The van der Waals surface area contributed by atoms with E-state index in [2.05, 4.69) is 0 Å². The molecule has 0 N–H and O–H groups in total. The molecule has 0 radical (unpaired) electrons. The molecule has 0 aliphatic heterocycles. The van der Waals surface area contributed by atoms with Gasteiger partial charge in [-0.1, -0.05) is 48.5 Å². The smallest absolute Gasteiger partial charge is 0.340 e. The molecule has 0 bridgehead atoms. The van der Waals surface area contributed by atoms with Crippen molar-refractivity contribution in [3.63, 3.8) is 0 Å². The molecule has 1 nitrogen and oxygen atoms in total. The number of rotatable bonds is 5. The maximum atomic E-state index is 14.8. The monoisotopic (exact) mass is 352 g/mol. The minimum absolute atomic E-state index is 0.272. The van der Waals surface area contributed by atoms with Crippen LogP contribution in [0.25, 0.3) is 0 Å². The molecule has 25 heavy (non-hydrogen) atoms. The van der Waals surface area contributed by atoms with Gasteiger partial charge in [0.25, 0.3) is 0 Å². The van der Waals surface area contributed by atoms with Crippen LogP contribution in [0.1, 0.15) is 47.9 Å². The van der Waals surface area contributed by atoms with Gasteiger partial charge in [0.1, 0.15) is 0 Å². The van der Waals surface area contributed by atoms with E-state index < -0.39 is 28.9 Å². The number of ether oxygens (including phenoxy) is 1. The van der Waals surface area contributed by atoms with Gasteiger partial charge in [-0.05, 0) is 30.9 Å². The molecule has 0 fully saturated rings. The molecular formula is C20H20F4O. The molecule has 0 aromatic heterocycles. The Labute approximate surface area is 144 Å². The summed E-state index contributed by atoms with van der Waals surface area (Å²) >= 11 is 0. The number of fused-ring (bicyclic) bond motifs is 2. The predicted octanol–water partition coefficient (Wildman–Crippen LogP) is 5.83. The molecule has 0 heterocycles. The van der Waals surface area contributed by atoms with Crippen molar-refractivity contribution < 1.29 is 22.3 Å². The Bertz CT molecular complexity index is 684. The van der Waals surface area contributed by atoms with Crippen LogP contribution in [0.5, 0.6) is 0 Å². The number of alkyl halides is 4. The summed E-state index contributed by atoms with van der Waals surface area (Å²) in [5, 5.41) is 0. The summed E-state index contributed by atoms with van der Waals surface area (Å²) in [6.07, 6.45) is 1.08. The molecule has 0 saturated carbocycles. The maximum absolute atomic E-state index is 14.8. The van der Waals surface area contributed by atoms with E-state index in [1.807, 2.05) is 6.92 Å². The Morgan fingerprint density at radius 1 is 0.840 bits per heavy atom. The highest BCUT2D eigenvalue weighted by atomic mass is 19.3. The third-order valence-electron chi connectivity index (χ3n) is 4.73. The van der Waals surface area contributed by atoms with E-state index in [1.54, 1.807) is 12.1 Å². The molecule has 0 amide bonds. The molecule has 5 heteroatoms. The van der Waals surface area contributed by atoms with Crippen LogP contribution in [0.2, 0.25) is 0 Å². The zero-order chi connectivity index (χ0) is 18.1. The van der Waals surface area contributed by atoms with E-state index >= 15 is 0 Å². The quantitative estimate of drug-likeness (QED) is 0.486. The Balaban J connectivity index is 2.15. The van der Waals surface area contributed by atoms with Crippen LogP contribution in [0.3, 0.4) is 0 Å². The molecule has 1 aliphatic carbocycles. The van der Waals surface area contributed by atoms with Crippen LogP contribution in [-0.4, -0.2) is 13.2 Å². The van der Waals surface area contributed by atoms with Crippen molar-refractivity contribution in [2.75, 3.05) is 13.2 Å². The number of halogens is 4. The lowest BCUT2D eigenvalue weighted by atomic mass is 9.84. The van der Waals surface area contributed by atoms with Crippen LogP contribution in [-0.2, 0) is 16.6 Å². The maximum Gasteiger partial charge on any atom is 0.340 e. The van der Waals surface area contributed by atoms with Gasteiger partial charge in [0.05, 0.1) is 0 Å². The minimum Gasteiger partial charge on any atom is -0.382 e. The predicted molar refractivity (Wildman–Crippen MR) is 88.2 cm³/mol. The van der Waals surface area contributed by atoms with Gasteiger partial charge >= 0.3 is 11.8 Å².